The molecule has 0 radical (unpaired) electrons. The minimum Gasteiger partial charge on any atom is -0.493 e. The highest BCUT2D eigenvalue weighted by Gasteiger charge is 2.31. The lowest BCUT2D eigenvalue weighted by molar-refractivity contribution is -0.138. The van der Waals surface area contributed by atoms with Crippen molar-refractivity contribution in [2.75, 3.05) is 34.4 Å². The van der Waals surface area contributed by atoms with Gasteiger partial charge in [-0.2, -0.15) is 0 Å². The maximum atomic E-state index is 12.5. The number of nitrogens with one attached hydrogen (secondary N) is 2. The van der Waals surface area contributed by atoms with Gasteiger partial charge in [-0.3, -0.25) is 14.4 Å². The summed E-state index contributed by atoms with van der Waals surface area (Å²) < 4.78 is 17.0. The average Bonchev–Trinajstić information content (AvgIpc) is 3.07. The van der Waals surface area contributed by atoms with Gasteiger partial charge in [0, 0.05) is 19.0 Å². The van der Waals surface area contributed by atoms with Gasteiger partial charge in [-0.1, -0.05) is 24.6 Å². The van der Waals surface area contributed by atoms with Crippen LogP contribution in [0.25, 0.3) is 11.1 Å². The molecule has 40 heavy (non-hydrogen) atoms. The molecule has 0 bridgehead atoms. The number of hydrogen-bond acceptors (Lipinski definition) is 8. The number of hydrogen-bond donors (Lipinski definition) is 5. The molecule has 11 heteroatoms. The van der Waals surface area contributed by atoms with Crippen molar-refractivity contribution in [3.05, 3.63) is 41.0 Å². The Morgan fingerprint density at radius 3 is 2.40 bits per heavy atom. The van der Waals surface area contributed by atoms with E-state index in [1.54, 1.807) is 26.4 Å². The Morgan fingerprint density at radius 2 is 1.80 bits per heavy atom. The van der Waals surface area contributed by atoms with E-state index in [4.69, 9.17) is 25.7 Å². The first-order valence-corrected chi connectivity index (χ1v) is 13.4. The minimum atomic E-state index is -1.09. The topological polar surface area (TPSA) is 175 Å². The van der Waals surface area contributed by atoms with E-state index < -0.39 is 23.8 Å². The van der Waals surface area contributed by atoms with Crippen molar-refractivity contribution < 1.29 is 33.7 Å². The van der Waals surface area contributed by atoms with Crippen LogP contribution in [-0.4, -0.2) is 63.4 Å². The molecule has 0 saturated carbocycles. The van der Waals surface area contributed by atoms with Crippen LogP contribution in [0.4, 0.5) is 0 Å². The van der Waals surface area contributed by atoms with Gasteiger partial charge in [-0.25, -0.2) is 0 Å². The number of carbonyl (C=O) groups excluding carboxylic acids is 2. The Bertz CT molecular complexity index is 1230. The van der Waals surface area contributed by atoms with Gasteiger partial charge in [0.2, 0.25) is 17.6 Å². The van der Waals surface area contributed by atoms with Gasteiger partial charge >= 0.3 is 5.97 Å². The molecule has 3 rings (SSSR count). The normalized spacial score (nSPS) is 15.5. The molecular weight excluding hydrogens is 516 g/mol. The number of carboxylic acids is 1. The second kappa shape index (κ2) is 14.0. The number of ether oxygens (including phenoxy) is 3. The van der Waals surface area contributed by atoms with E-state index in [2.05, 4.69) is 10.6 Å². The predicted octanol–water partition coefficient (Wildman–Crippen LogP) is 2.24. The lowest BCUT2D eigenvalue weighted by Crippen LogP contribution is -2.43. The summed E-state index contributed by atoms with van der Waals surface area (Å²) in [6, 6.07) is 6.11. The smallest absolute Gasteiger partial charge is 0.312 e. The number of rotatable bonds is 13. The number of methoxy groups -OCH3 is 3. The minimum absolute atomic E-state index is 0.132. The van der Waals surface area contributed by atoms with Crippen LogP contribution in [0.15, 0.2) is 24.3 Å². The van der Waals surface area contributed by atoms with E-state index in [0.29, 0.717) is 55.0 Å². The molecule has 3 atom stereocenters. The summed E-state index contributed by atoms with van der Waals surface area (Å²) >= 11 is 0. The van der Waals surface area contributed by atoms with E-state index in [0.717, 1.165) is 28.7 Å². The van der Waals surface area contributed by atoms with E-state index in [1.165, 1.54) is 14.0 Å². The number of amides is 2. The summed E-state index contributed by atoms with van der Waals surface area (Å²) in [6.07, 6.45) is 3.10. The van der Waals surface area contributed by atoms with Gasteiger partial charge in [0.05, 0.1) is 39.3 Å². The molecule has 11 nitrogen and oxygen atoms in total. The van der Waals surface area contributed by atoms with Gasteiger partial charge < -0.3 is 41.4 Å². The van der Waals surface area contributed by atoms with Crippen LogP contribution in [0.2, 0.25) is 0 Å². The van der Waals surface area contributed by atoms with Gasteiger partial charge in [0.15, 0.2) is 11.5 Å². The lowest BCUT2D eigenvalue weighted by atomic mass is 9.88. The molecule has 1 unspecified atom stereocenters. The summed E-state index contributed by atoms with van der Waals surface area (Å²) in [7, 11) is 4.63. The Balaban J connectivity index is 2.05. The monoisotopic (exact) mass is 556 g/mol. The molecule has 218 valence electrons. The van der Waals surface area contributed by atoms with E-state index >= 15 is 0 Å². The Kier molecular flexibility index (Phi) is 10.7. The molecule has 0 heterocycles. The SMILES string of the molecule is COc1cc2c(c(OC)c1OC)-c1ccc(C(CNC(=O)[C@H](N)CCCCN)C(=O)O)cc1[C@@H](NC(C)=O)CC2. The summed E-state index contributed by atoms with van der Waals surface area (Å²) in [5, 5.41) is 15.8. The number of benzene rings is 2. The number of aryl methyl sites for hydroxylation is 1. The predicted molar refractivity (Wildman–Crippen MR) is 151 cm³/mol. The zero-order chi connectivity index (χ0) is 29.4. The zero-order valence-electron chi connectivity index (χ0n) is 23.5. The Hall–Kier alpha value is -3.83. The van der Waals surface area contributed by atoms with Crippen molar-refractivity contribution in [3.8, 4) is 28.4 Å². The maximum absolute atomic E-state index is 12.5. The van der Waals surface area contributed by atoms with Crippen LogP contribution >= 0.6 is 0 Å². The number of fused-ring (bicyclic) bond motifs is 3. The quantitative estimate of drug-likeness (QED) is 0.232. The standard InChI is InChI=1S/C29H40N4O7/c1-16(34)33-23-11-9-18-14-24(38-2)26(39-3)27(40-4)25(18)19-10-8-17(13-20(19)23)21(29(36)37)15-32-28(35)22(31)7-5-6-12-30/h8,10,13-14,21-23H,5-7,9,11-12,15,30-31H2,1-4H3,(H,32,35)(H,33,34)(H,36,37)/t21?,22-,23+/m1/s1. The highest BCUT2D eigenvalue weighted by Crippen LogP contribution is 2.50. The van der Waals surface area contributed by atoms with Crippen LogP contribution in [0.3, 0.4) is 0 Å². The fourth-order valence-electron chi connectivity index (χ4n) is 5.19. The van der Waals surface area contributed by atoms with Crippen LogP contribution in [0, 0.1) is 0 Å². The summed E-state index contributed by atoms with van der Waals surface area (Å²) in [5.41, 5.74) is 15.2. The van der Waals surface area contributed by atoms with Crippen molar-refractivity contribution in [1.82, 2.24) is 10.6 Å². The molecule has 1 aliphatic rings. The van der Waals surface area contributed by atoms with Crippen LogP contribution < -0.4 is 36.3 Å². The first-order chi connectivity index (χ1) is 19.2. The average molecular weight is 557 g/mol. The zero-order valence-corrected chi connectivity index (χ0v) is 23.5. The second-order valence-corrected chi connectivity index (χ2v) is 9.84. The Labute approximate surface area is 234 Å². The number of nitrogens with two attached hydrogens (primary N) is 2. The molecule has 1 aliphatic carbocycles. The third-order valence-electron chi connectivity index (χ3n) is 7.20. The Morgan fingerprint density at radius 1 is 1.07 bits per heavy atom. The fourth-order valence-corrected chi connectivity index (χ4v) is 5.19. The van der Waals surface area contributed by atoms with E-state index in [-0.39, 0.29) is 18.5 Å². The van der Waals surface area contributed by atoms with Gasteiger partial charge in [-0.15, -0.1) is 0 Å². The maximum Gasteiger partial charge on any atom is 0.312 e. The molecule has 7 N–H and O–H groups in total. The number of carboxylic acid groups (broad SMARTS) is 1. The van der Waals surface area contributed by atoms with Crippen molar-refractivity contribution in [3.63, 3.8) is 0 Å². The van der Waals surface area contributed by atoms with Gasteiger partial charge in [0.1, 0.15) is 0 Å². The highest BCUT2D eigenvalue weighted by atomic mass is 16.5. The first-order valence-electron chi connectivity index (χ1n) is 13.4. The van der Waals surface area contributed by atoms with E-state index in [1.807, 2.05) is 12.1 Å². The van der Waals surface area contributed by atoms with Crippen LogP contribution in [0.5, 0.6) is 17.2 Å². The first kappa shape index (κ1) is 30.7. The third-order valence-corrected chi connectivity index (χ3v) is 7.20. The molecule has 0 aromatic heterocycles. The van der Waals surface area contributed by atoms with Crippen LogP contribution in [-0.2, 0) is 20.8 Å². The molecule has 0 fully saturated rings. The van der Waals surface area contributed by atoms with Crippen molar-refractivity contribution in [2.24, 2.45) is 11.5 Å². The third kappa shape index (κ3) is 6.83. The highest BCUT2D eigenvalue weighted by molar-refractivity contribution is 5.85. The number of aliphatic carboxylic acids is 1. The molecule has 2 aromatic rings. The van der Waals surface area contributed by atoms with Gasteiger partial charge in [-0.05, 0) is 60.5 Å². The molecule has 2 amide bonds. The number of unbranched alkanes of at least 4 members (excludes halogenated alkanes) is 1. The molecule has 0 aliphatic heterocycles. The number of carbonyl (C=O) groups is 3. The van der Waals surface area contributed by atoms with E-state index in [9.17, 15) is 19.5 Å². The summed E-state index contributed by atoms with van der Waals surface area (Å²) in [4.78, 5) is 37.0. The van der Waals surface area contributed by atoms with Gasteiger partial charge in [0.25, 0.3) is 0 Å². The summed E-state index contributed by atoms with van der Waals surface area (Å²) in [6.45, 7) is 1.83. The molecule has 0 saturated heterocycles. The molecular formula is C29H40N4O7. The molecule has 0 spiro atoms. The van der Waals surface area contributed by atoms with Crippen molar-refractivity contribution in [2.45, 2.75) is 57.0 Å². The largest absolute Gasteiger partial charge is 0.493 e. The second-order valence-electron chi connectivity index (χ2n) is 9.84. The van der Waals surface area contributed by atoms with Crippen LogP contribution in [0.1, 0.15) is 61.3 Å². The van der Waals surface area contributed by atoms with Crippen molar-refractivity contribution in [1.29, 1.82) is 0 Å². The van der Waals surface area contributed by atoms with Crippen molar-refractivity contribution >= 4 is 17.8 Å². The fraction of sp³-hybridized carbons (Fsp3) is 0.483. The summed E-state index contributed by atoms with van der Waals surface area (Å²) in [5.74, 6) is -1.29. The lowest BCUT2D eigenvalue weighted by Gasteiger charge is -2.23. The molecule has 2 aromatic carbocycles.